The molecule has 0 aliphatic carbocycles. The quantitative estimate of drug-likeness (QED) is 0.769. The van der Waals surface area contributed by atoms with Gasteiger partial charge in [0.05, 0.1) is 11.1 Å². The van der Waals surface area contributed by atoms with Gasteiger partial charge in [-0.25, -0.2) is 0 Å². The second-order valence-corrected chi connectivity index (χ2v) is 6.24. The van der Waals surface area contributed by atoms with Crippen molar-refractivity contribution >= 4 is 33.4 Å². The van der Waals surface area contributed by atoms with Crippen LogP contribution >= 0.6 is 27.5 Å². The van der Waals surface area contributed by atoms with Gasteiger partial charge < -0.3 is 5.32 Å². The zero-order valence-electron chi connectivity index (χ0n) is 10.9. The minimum absolute atomic E-state index is 0.169. The first-order valence-electron chi connectivity index (χ1n) is 5.93. The van der Waals surface area contributed by atoms with Crippen LogP contribution < -0.4 is 5.32 Å². The van der Waals surface area contributed by atoms with Gasteiger partial charge in [-0.2, -0.15) is 13.2 Å². The highest BCUT2D eigenvalue weighted by molar-refractivity contribution is 9.10. The van der Waals surface area contributed by atoms with Gasteiger partial charge in [-0.3, -0.25) is 4.79 Å². The van der Waals surface area contributed by atoms with E-state index in [2.05, 4.69) is 21.2 Å². The van der Waals surface area contributed by atoms with Gasteiger partial charge in [0.15, 0.2) is 0 Å². The highest BCUT2D eigenvalue weighted by Crippen LogP contribution is 2.33. The van der Waals surface area contributed by atoms with E-state index in [1.807, 2.05) is 0 Å². The largest absolute Gasteiger partial charge is 0.417 e. The lowest BCUT2D eigenvalue weighted by Crippen LogP contribution is -2.35. The third-order valence-electron chi connectivity index (χ3n) is 2.59. The fourth-order valence-corrected chi connectivity index (χ4v) is 2.43. The molecule has 0 aromatic heterocycles. The molecule has 0 fully saturated rings. The molecule has 1 aromatic carbocycles. The Kier molecular flexibility index (Phi) is 5.89. The lowest BCUT2D eigenvalue weighted by molar-refractivity contribution is -0.138. The Morgan fingerprint density at radius 2 is 2.00 bits per heavy atom. The number of carbonyl (C=O) groups is 1. The highest BCUT2D eigenvalue weighted by Gasteiger charge is 2.35. The SMILES string of the molecule is CC(Cl)CC(C)NC(=O)c1ccc(Br)cc1C(F)(F)F. The minimum atomic E-state index is -4.58. The van der Waals surface area contributed by atoms with Crippen LogP contribution in [0, 0.1) is 0 Å². The monoisotopic (exact) mass is 371 g/mol. The Balaban J connectivity index is 2.99. The van der Waals surface area contributed by atoms with Crippen LogP contribution in [0.2, 0.25) is 0 Å². The van der Waals surface area contributed by atoms with Crippen LogP contribution in [0.4, 0.5) is 13.2 Å². The molecule has 0 heterocycles. The van der Waals surface area contributed by atoms with Gasteiger partial charge in [-0.1, -0.05) is 15.9 Å². The molecule has 0 saturated carbocycles. The summed E-state index contributed by atoms with van der Waals surface area (Å²) >= 11 is 8.76. The molecule has 2 atom stereocenters. The first-order chi connectivity index (χ1) is 9.11. The van der Waals surface area contributed by atoms with Crippen LogP contribution in [-0.4, -0.2) is 17.3 Å². The number of hydrogen-bond donors (Lipinski definition) is 1. The fourth-order valence-electron chi connectivity index (χ4n) is 1.80. The summed E-state index contributed by atoms with van der Waals surface area (Å²) in [6, 6.07) is 3.14. The molecule has 1 rings (SSSR count). The zero-order valence-corrected chi connectivity index (χ0v) is 13.2. The predicted octanol–water partition coefficient (Wildman–Crippen LogP) is 4.60. The number of nitrogens with one attached hydrogen (secondary N) is 1. The number of rotatable bonds is 4. The van der Waals surface area contributed by atoms with Crippen molar-refractivity contribution in [3.05, 3.63) is 33.8 Å². The van der Waals surface area contributed by atoms with Crippen LogP contribution in [-0.2, 0) is 6.18 Å². The summed E-state index contributed by atoms with van der Waals surface area (Å²) in [5.41, 5.74) is -1.36. The average molecular weight is 373 g/mol. The van der Waals surface area contributed by atoms with Crippen LogP contribution in [0.1, 0.15) is 36.2 Å². The molecule has 0 saturated heterocycles. The molecule has 1 N–H and O–H groups in total. The molecule has 20 heavy (non-hydrogen) atoms. The van der Waals surface area contributed by atoms with E-state index >= 15 is 0 Å². The molecule has 1 amide bonds. The molecule has 0 spiro atoms. The second-order valence-electron chi connectivity index (χ2n) is 4.58. The van der Waals surface area contributed by atoms with Crippen molar-refractivity contribution in [2.24, 2.45) is 0 Å². The zero-order chi connectivity index (χ0) is 15.5. The maximum atomic E-state index is 12.9. The van der Waals surface area contributed by atoms with E-state index in [0.717, 1.165) is 12.1 Å². The van der Waals surface area contributed by atoms with Crippen molar-refractivity contribution in [2.45, 2.75) is 37.9 Å². The van der Waals surface area contributed by atoms with E-state index < -0.39 is 23.2 Å². The lowest BCUT2D eigenvalue weighted by Gasteiger charge is -2.17. The average Bonchev–Trinajstić information content (AvgIpc) is 2.25. The van der Waals surface area contributed by atoms with Crippen molar-refractivity contribution in [1.82, 2.24) is 5.32 Å². The van der Waals surface area contributed by atoms with Crippen molar-refractivity contribution in [1.29, 1.82) is 0 Å². The summed E-state index contributed by atoms with van der Waals surface area (Å²) in [6.07, 6.45) is -4.11. The predicted molar refractivity (Wildman–Crippen MR) is 76.0 cm³/mol. The van der Waals surface area contributed by atoms with Crippen LogP contribution in [0.5, 0.6) is 0 Å². The van der Waals surface area contributed by atoms with Crippen LogP contribution in [0.15, 0.2) is 22.7 Å². The Bertz CT molecular complexity index is 491. The molecule has 0 bridgehead atoms. The Labute approximate surface area is 128 Å². The molecule has 2 unspecified atom stereocenters. The van der Waals surface area contributed by atoms with E-state index in [-0.39, 0.29) is 15.9 Å². The first-order valence-corrected chi connectivity index (χ1v) is 7.16. The number of hydrogen-bond acceptors (Lipinski definition) is 1. The van der Waals surface area contributed by atoms with Gasteiger partial charge in [0.1, 0.15) is 0 Å². The third-order valence-corrected chi connectivity index (χ3v) is 3.26. The van der Waals surface area contributed by atoms with Gasteiger partial charge in [0.2, 0.25) is 0 Å². The van der Waals surface area contributed by atoms with Gasteiger partial charge in [-0.05, 0) is 38.5 Å². The molecule has 2 nitrogen and oxygen atoms in total. The summed E-state index contributed by atoms with van der Waals surface area (Å²) < 4.78 is 39.0. The topological polar surface area (TPSA) is 29.1 Å². The van der Waals surface area contributed by atoms with E-state index in [1.165, 1.54) is 6.07 Å². The molecular formula is C13H14BrClF3NO. The number of halogens is 5. The normalized spacial score (nSPS) is 14.8. The van der Waals surface area contributed by atoms with E-state index in [9.17, 15) is 18.0 Å². The lowest BCUT2D eigenvalue weighted by atomic mass is 10.1. The minimum Gasteiger partial charge on any atom is -0.350 e. The standard InChI is InChI=1S/C13H14BrClF3NO/c1-7(15)5-8(2)19-12(20)10-4-3-9(14)6-11(10)13(16,17)18/h3-4,6-8H,5H2,1-2H3,(H,19,20). The fraction of sp³-hybridized carbons (Fsp3) is 0.462. The van der Waals surface area contributed by atoms with Crippen molar-refractivity contribution in [3.8, 4) is 0 Å². The maximum Gasteiger partial charge on any atom is 0.417 e. The molecule has 0 aliphatic heterocycles. The summed E-state index contributed by atoms with van der Waals surface area (Å²) in [4.78, 5) is 11.9. The Morgan fingerprint density at radius 3 is 2.50 bits per heavy atom. The summed E-state index contributed by atoms with van der Waals surface area (Å²) in [6.45, 7) is 3.45. The molecule has 7 heteroatoms. The van der Waals surface area contributed by atoms with Crippen LogP contribution in [0.3, 0.4) is 0 Å². The van der Waals surface area contributed by atoms with Crippen molar-refractivity contribution < 1.29 is 18.0 Å². The summed E-state index contributed by atoms with van der Waals surface area (Å²) in [5.74, 6) is -0.755. The van der Waals surface area contributed by atoms with Gasteiger partial charge in [0, 0.05) is 15.9 Å². The molecular weight excluding hydrogens is 358 g/mol. The number of alkyl halides is 4. The van der Waals surface area contributed by atoms with E-state index in [4.69, 9.17) is 11.6 Å². The smallest absolute Gasteiger partial charge is 0.350 e. The van der Waals surface area contributed by atoms with Crippen molar-refractivity contribution in [3.63, 3.8) is 0 Å². The molecule has 112 valence electrons. The second kappa shape index (κ2) is 6.80. The van der Waals surface area contributed by atoms with Gasteiger partial charge in [0.25, 0.3) is 5.91 Å². The molecule has 1 aromatic rings. The number of carbonyl (C=O) groups excluding carboxylic acids is 1. The van der Waals surface area contributed by atoms with E-state index in [0.29, 0.717) is 6.42 Å². The highest BCUT2D eigenvalue weighted by atomic mass is 79.9. The van der Waals surface area contributed by atoms with Gasteiger partial charge in [-0.15, -0.1) is 11.6 Å². The first kappa shape index (κ1) is 17.3. The number of benzene rings is 1. The van der Waals surface area contributed by atoms with Gasteiger partial charge >= 0.3 is 6.18 Å². The third kappa shape index (κ3) is 4.98. The summed E-state index contributed by atoms with van der Waals surface area (Å²) in [5, 5.41) is 2.35. The molecule has 0 aliphatic rings. The van der Waals surface area contributed by atoms with Crippen LogP contribution in [0.25, 0.3) is 0 Å². The Morgan fingerprint density at radius 1 is 1.40 bits per heavy atom. The molecule has 0 radical (unpaired) electrons. The Hall–Kier alpha value is -0.750. The van der Waals surface area contributed by atoms with E-state index in [1.54, 1.807) is 13.8 Å². The summed E-state index contributed by atoms with van der Waals surface area (Å²) in [7, 11) is 0. The number of amides is 1. The van der Waals surface area contributed by atoms with Crippen molar-refractivity contribution in [2.75, 3.05) is 0 Å². The maximum absolute atomic E-state index is 12.9.